The summed E-state index contributed by atoms with van der Waals surface area (Å²) < 4.78 is 5.99. The second kappa shape index (κ2) is 4.41. The molecule has 0 saturated carbocycles. The summed E-state index contributed by atoms with van der Waals surface area (Å²) >= 11 is 0. The quantitative estimate of drug-likeness (QED) is 0.439. The van der Waals surface area contributed by atoms with Crippen molar-refractivity contribution in [1.29, 1.82) is 0 Å². The molecule has 0 aromatic carbocycles. The number of aliphatic hydroxyl groups excluding tert-OH is 3. The Hall–Kier alpha value is -1.48. The minimum atomic E-state index is -1.48. The molecule has 0 unspecified atom stereocenters. The van der Waals surface area contributed by atoms with E-state index in [9.17, 15) is 19.8 Å². The first-order chi connectivity index (χ1) is 7.99. The zero-order valence-electron chi connectivity index (χ0n) is 8.68. The first-order valence-corrected chi connectivity index (χ1v) is 4.98. The fraction of sp³-hybridized carbons (Fsp3) is 0.556. The Labute approximate surface area is 94.7 Å². The maximum Gasteiger partial charge on any atom is 0.328 e. The molecule has 0 amide bonds. The van der Waals surface area contributed by atoms with Crippen LogP contribution in [-0.2, 0) is 11.3 Å². The van der Waals surface area contributed by atoms with Gasteiger partial charge in [0, 0.05) is 12.3 Å². The lowest BCUT2D eigenvalue weighted by atomic mass is 10.1. The Morgan fingerprint density at radius 2 is 2.00 bits per heavy atom. The van der Waals surface area contributed by atoms with E-state index in [2.05, 4.69) is 0 Å². The summed E-state index contributed by atoms with van der Waals surface area (Å²) in [5, 5.41) is 27.9. The van der Waals surface area contributed by atoms with Crippen LogP contribution in [0.5, 0.6) is 0 Å². The third kappa shape index (κ3) is 2.29. The number of H-pyrrole nitrogens is 1. The number of rotatable bonds is 2. The maximum absolute atomic E-state index is 11.3. The third-order valence-corrected chi connectivity index (χ3v) is 2.61. The van der Waals surface area contributed by atoms with Gasteiger partial charge in [0.05, 0.1) is 6.54 Å². The molecule has 1 aliphatic rings. The SMILES string of the molecule is O=c1ccn(C[C@H]2O[C@@H](O)[C@H](O)[C@@H]2O)c(=O)[nH]1. The van der Waals surface area contributed by atoms with Crippen LogP contribution in [0.2, 0.25) is 0 Å². The lowest BCUT2D eigenvalue weighted by molar-refractivity contribution is -0.129. The standard InChI is InChI=1S/C9H12N2O6/c12-5-1-2-11(9(16)10-5)3-4-6(13)7(14)8(15)17-4/h1-2,4,6-8,13-15H,3H2,(H,10,12,16)/t4-,6-,7-,8-/m1/s1. The van der Waals surface area contributed by atoms with E-state index < -0.39 is 35.9 Å². The van der Waals surface area contributed by atoms with Crippen LogP contribution in [0.1, 0.15) is 0 Å². The average molecular weight is 244 g/mol. The highest BCUT2D eigenvalue weighted by Crippen LogP contribution is 2.20. The van der Waals surface area contributed by atoms with Crippen molar-refractivity contribution in [3.05, 3.63) is 33.1 Å². The Balaban J connectivity index is 2.17. The Morgan fingerprint density at radius 3 is 2.53 bits per heavy atom. The topological polar surface area (TPSA) is 125 Å². The lowest BCUT2D eigenvalue weighted by Crippen LogP contribution is -2.38. The fourth-order valence-corrected chi connectivity index (χ4v) is 1.66. The summed E-state index contributed by atoms with van der Waals surface area (Å²) in [5.41, 5.74) is -1.18. The van der Waals surface area contributed by atoms with E-state index in [0.717, 1.165) is 10.6 Å². The third-order valence-electron chi connectivity index (χ3n) is 2.61. The summed E-state index contributed by atoms with van der Waals surface area (Å²) in [5.74, 6) is 0. The summed E-state index contributed by atoms with van der Waals surface area (Å²) in [7, 11) is 0. The van der Waals surface area contributed by atoms with Gasteiger partial charge in [0.15, 0.2) is 6.29 Å². The normalized spacial score (nSPS) is 32.9. The van der Waals surface area contributed by atoms with Crippen LogP contribution in [-0.4, -0.2) is 49.5 Å². The summed E-state index contributed by atoms with van der Waals surface area (Å²) in [4.78, 5) is 24.2. The smallest absolute Gasteiger partial charge is 0.328 e. The Bertz CT molecular complexity index is 509. The van der Waals surface area contributed by atoms with E-state index >= 15 is 0 Å². The largest absolute Gasteiger partial charge is 0.387 e. The molecular weight excluding hydrogens is 232 g/mol. The molecule has 2 rings (SSSR count). The van der Waals surface area contributed by atoms with Crippen molar-refractivity contribution in [2.75, 3.05) is 0 Å². The van der Waals surface area contributed by atoms with Gasteiger partial charge < -0.3 is 20.1 Å². The van der Waals surface area contributed by atoms with Crippen LogP contribution < -0.4 is 11.2 Å². The second-order valence-corrected chi connectivity index (χ2v) is 3.81. The molecule has 2 heterocycles. The molecule has 4 atom stereocenters. The molecule has 1 fully saturated rings. The molecule has 17 heavy (non-hydrogen) atoms. The minimum absolute atomic E-state index is 0.0785. The summed E-state index contributed by atoms with van der Waals surface area (Å²) in [6.07, 6.45) is -3.84. The lowest BCUT2D eigenvalue weighted by Gasteiger charge is -2.14. The molecule has 8 nitrogen and oxygen atoms in total. The van der Waals surface area contributed by atoms with Crippen molar-refractivity contribution in [1.82, 2.24) is 9.55 Å². The van der Waals surface area contributed by atoms with Crippen molar-refractivity contribution >= 4 is 0 Å². The van der Waals surface area contributed by atoms with Crippen molar-refractivity contribution in [2.24, 2.45) is 0 Å². The van der Waals surface area contributed by atoms with E-state index in [0.29, 0.717) is 0 Å². The number of aliphatic hydroxyl groups is 3. The minimum Gasteiger partial charge on any atom is -0.387 e. The van der Waals surface area contributed by atoms with Crippen LogP contribution in [0.3, 0.4) is 0 Å². The molecule has 1 aliphatic heterocycles. The number of aromatic amines is 1. The number of nitrogens with one attached hydrogen (secondary N) is 1. The molecule has 94 valence electrons. The van der Waals surface area contributed by atoms with E-state index in [1.807, 2.05) is 4.98 Å². The van der Waals surface area contributed by atoms with E-state index in [1.165, 1.54) is 6.20 Å². The summed E-state index contributed by atoms with van der Waals surface area (Å²) in [6.45, 7) is -0.0785. The predicted molar refractivity (Wildman–Crippen MR) is 54.2 cm³/mol. The van der Waals surface area contributed by atoms with Crippen molar-refractivity contribution in [2.45, 2.75) is 31.1 Å². The molecule has 4 N–H and O–H groups in total. The zero-order chi connectivity index (χ0) is 12.6. The van der Waals surface area contributed by atoms with E-state index in [1.54, 1.807) is 0 Å². The van der Waals surface area contributed by atoms with Gasteiger partial charge in [-0.05, 0) is 0 Å². The predicted octanol–water partition coefficient (Wildman–Crippen LogP) is -3.02. The zero-order valence-corrected chi connectivity index (χ0v) is 8.68. The summed E-state index contributed by atoms with van der Waals surface area (Å²) in [6, 6.07) is 1.15. The fourth-order valence-electron chi connectivity index (χ4n) is 1.66. The van der Waals surface area contributed by atoms with Crippen molar-refractivity contribution in [3.8, 4) is 0 Å². The highest BCUT2D eigenvalue weighted by molar-refractivity contribution is 4.89. The highest BCUT2D eigenvalue weighted by Gasteiger charge is 2.41. The van der Waals surface area contributed by atoms with Gasteiger partial charge in [-0.25, -0.2) is 4.79 Å². The van der Waals surface area contributed by atoms with Crippen LogP contribution in [0.25, 0.3) is 0 Å². The van der Waals surface area contributed by atoms with Gasteiger partial charge in [-0.2, -0.15) is 0 Å². The van der Waals surface area contributed by atoms with Crippen LogP contribution in [0, 0.1) is 0 Å². The van der Waals surface area contributed by atoms with Gasteiger partial charge in [-0.15, -0.1) is 0 Å². The number of ether oxygens (including phenoxy) is 1. The van der Waals surface area contributed by atoms with Gasteiger partial charge in [0.1, 0.15) is 18.3 Å². The molecule has 0 radical (unpaired) electrons. The molecule has 1 aromatic rings. The maximum atomic E-state index is 11.3. The Morgan fingerprint density at radius 1 is 1.29 bits per heavy atom. The molecule has 1 saturated heterocycles. The molecular formula is C9H12N2O6. The highest BCUT2D eigenvalue weighted by atomic mass is 16.6. The number of nitrogens with zero attached hydrogens (tertiary/aromatic N) is 1. The van der Waals surface area contributed by atoms with Crippen LogP contribution in [0.15, 0.2) is 21.9 Å². The van der Waals surface area contributed by atoms with Gasteiger partial charge >= 0.3 is 5.69 Å². The van der Waals surface area contributed by atoms with Crippen LogP contribution in [0.4, 0.5) is 0 Å². The average Bonchev–Trinajstić information content (AvgIpc) is 2.50. The molecule has 0 aliphatic carbocycles. The second-order valence-electron chi connectivity index (χ2n) is 3.81. The molecule has 0 spiro atoms. The molecule has 0 bridgehead atoms. The number of hydrogen-bond donors (Lipinski definition) is 4. The van der Waals surface area contributed by atoms with E-state index in [-0.39, 0.29) is 6.54 Å². The first-order valence-electron chi connectivity index (χ1n) is 4.98. The van der Waals surface area contributed by atoms with Crippen LogP contribution >= 0.6 is 0 Å². The number of aromatic nitrogens is 2. The molecule has 8 heteroatoms. The monoisotopic (exact) mass is 244 g/mol. The van der Waals surface area contributed by atoms with Gasteiger partial charge in [-0.3, -0.25) is 14.3 Å². The van der Waals surface area contributed by atoms with Gasteiger partial charge in [0.2, 0.25) is 0 Å². The van der Waals surface area contributed by atoms with Crippen molar-refractivity contribution in [3.63, 3.8) is 0 Å². The Kier molecular flexibility index (Phi) is 3.11. The van der Waals surface area contributed by atoms with Gasteiger partial charge in [-0.1, -0.05) is 0 Å². The number of hydrogen-bond acceptors (Lipinski definition) is 6. The first kappa shape index (κ1) is 12.0. The van der Waals surface area contributed by atoms with Gasteiger partial charge in [0.25, 0.3) is 5.56 Å². The van der Waals surface area contributed by atoms with E-state index in [4.69, 9.17) is 9.84 Å². The molecule has 1 aromatic heterocycles. The van der Waals surface area contributed by atoms with Crippen molar-refractivity contribution < 1.29 is 20.1 Å².